The Balaban J connectivity index is 2.23. The molecule has 2 N–H and O–H groups in total. The Hall–Kier alpha value is -2.92. The number of benzene rings is 1. The Morgan fingerprint density at radius 1 is 0.926 bits per heavy atom. The molecule has 0 aliphatic rings. The quantitative estimate of drug-likeness (QED) is 0.622. The Kier molecular flexibility index (Phi) is 4.23. The van der Waals surface area contributed by atoms with Crippen LogP contribution >= 0.6 is 0 Å². The monoisotopic (exact) mass is 396 g/mol. The molecule has 0 atom stereocenters. The van der Waals surface area contributed by atoms with E-state index in [0.29, 0.717) is 18.2 Å². The summed E-state index contributed by atoms with van der Waals surface area (Å²) in [6, 6.07) is 3.91. The van der Waals surface area contributed by atoms with Gasteiger partial charge in [0.25, 0.3) is 6.43 Å². The normalized spacial score (nSPS) is 12.9. The SMILES string of the molecule is Nc1c2c(C(F)(F)F)nc(C(F)F)cc2nn1-c1ccc(C(F)(F)F)cc1. The van der Waals surface area contributed by atoms with Gasteiger partial charge in [-0.1, -0.05) is 0 Å². The van der Waals surface area contributed by atoms with Crippen molar-refractivity contribution >= 4 is 16.7 Å². The van der Waals surface area contributed by atoms with Gasteiger partial charge < -0.3 is 5.73 Å². The lowest BCUT2D eigenvalue weighted by Gasteiger charge is -2.10. The zero-order valence-electron chi connectivity index (χ0n) is 12.9. The lowest BCUT2D eigenvalue weighted by Crippen LogP contribution is -2.11. The van der Waals surface area contributed by atoms with E-state index in [-0.39, 0.29) is 5.69 Å². The molecule has 0 radical (unpaired) electrons. The van der Waals surface area contributed by atoms with Gasteiger partial charge in [0.1, 0.15) is 11.5 Å². The van der Waals surface area contributed by atoms with E-state index in [4.69, 9.17) is 5.73 Å². The molecule has 0 saturated carbocycles. The molecule has 2 aromatic heterocycles. The van der Waals surface area contributed by atoms with Crippen molar-refractivity contribution in [2.24, 2.45) is 0 Å². The smallest absolute Gasteiger partial charge is 0.383 e. The molecule has 0 amide bonds. The topological polar surface area (TPSA) is 56.7 Å². The minimum atomic E-state index is -5.09. The number of fused-ring (bicyclic) bond motifs is 1. The first-order chi connectivity index (χ1) is 12.4. The van der Waals surface area contributed by atoms with Gasteiger partial charge in [-0.3, -0.25) is 0 Å². The van der Waals surface area contributed by atoms with Crippen LogP contribution in [0.4, 0.5) is 40.9 Å². The molecular weight excluding hydrogens is 388 g/mol. The van der Waals surface area contributed by atoms with Gasteiger partial charge in [0.15, 0.2) is 5.69 Å². The Labute approximate surface area is 145 Å². The molecule has 3 rings (SSSR count). The summed E-state index contributed by atoms with van der Waals surface area (Å²) in [6.45, 7) is 0. The van der Waals surface area contributed by atoms with Gasteiger partial charge in [0, 0.05) is 0 Å². The second-order valence-corrected chi connectivity index (χ2v) is 5.43. The molecule has 144 valence electrons. The summed E-state index contributed by atoms with van der Waals surface area (Å²) in [6.07, 6.45) is -13.0. The van der Waals surface area contributed by atoms with Crippen molar-refractivity contribution in [3.8, 4) is 5.69 Å². The number of anilines is 1. The first-order valence-electron chi connectivity index (χ1n) is 7.11. The molecule has 0 aliphatic carbocycles. The van der Waals surface area contributed by atoms with Crippen LogP contribution in [0.25, 0.3) is 16.6 Å². The summed E-state index contributed by atoms with van der Waals surface area (Å²) in [4.78, 5) is 2.93. The average molecular weight is 396 g/mol. The molecule has 27 heavy (non-hydrogen) atoms. The van der Waals surface area contributed by atoms with Crippen molar-refractivity contribution < 1.29 is 35.1 Å². The second kappa shape index (κ2) is 6.06. The summed E-state index contributed by atoms with van der Waals surface area (Å²) >= 11 is 0. The minimum Gasteiger partial charge on any atom is -0.383 e. The third-order valence-electron chi connectivity index (χ3n) is 3.64. The zero-order valence-corrected chi connectivity index (χ0v) is 12.9. The molecule has 0 bridgehead atoms. The van der Waals surface area contributed by atoms with Gasteiger partial charge in [-0.15, -0.1) is 0 Å². The van der Waals surface area contributed by atoms with Crippen LogP contribution in [0, 0.1) is 0 Å². The summed E-state index contributed by atoms with van der Waals surface area (Å²) < 4.78 is 104. The highest BCUT2D eigenvalue weighted by atomic mass is 19.4. The summed E-state index contributed by atoms with van der Waals surface area (Å²) in [5.74, 6) is -0.592. The number of alkyl halides is 8. The van der Waals surface area contributed by atoms with Gasteiger partial charge in [-0.25, -0.2) is 18.4 Å². The highest BCUT2D eigenvalue weighted by molar-refractivity contribution is 5.92. The maximum atomic E-state index is 13.2. The fourth-order valence-electron chi connectivity index (χ4n) is 2.46. The van der Waals surface area contributed by atoms with Crippen molar-refractivity contribution in [1.29, 1.82) is 0 Å². The predicted octanol–water partition coefficient (Wildman–Crippen LogP) is 4.98. The van der Waals surface area contributed by atoms with E-state index in [1.54, 1.807) is 0 Å². The lowest BCUT2D eigenvalue weighted by atomic mass is 10.2. The molecule has 0 aliphatic heterocycles. The number of hydrogen-bond acceptors (Lipinski definition) is 3. The van der Waals surface area contributed by atoms with Crippen molar-refractivity contribution in [2.45, 2.75) is 18.8 Å². The Bertz CT molecular complexity index is 986. The number of nitrogens with two attached hydrogens (primary N) is 1. The van der Waals surface area contributed by atoms with E-state index in [9.17, 15) is 35.1 Å². The van der Waals surface area contributed by atoms with E-state index in [0.717, 1.165) is 16.8 Å². The summed E-state index contributed by atoms with van der Waals surface area (Å²) in [7, 11) is 0. The fourth-order valence-corrected chi connectivity index (χ4v) is 2.46. The number of rotatable bonds is 2. The van der Waals surface area contributed by atoms with Crippen molar-refractivity contribution in [3.63, 3.8) is 0 Å². The van der Waals surface area contributed by atoms with Crippen LogP contribution in [0.2, 0.25) is 0 Å². The minimum absolute atomic E-state index is 0.0802. The molecule has 1 aromatic carbocycles. The standard InChI is InChI=1S/C15H8F8N4/c16-12(17)9-5-8-10(11(25-9)15(21,22)23)13(24)27(26-8)7-3-1-6(2-4-7)14(18,19)20/h1-5,12H,24H2. The highest BCUT2D eigenvalue weighted by Gasteiger charge is 2.38. The van der Waals surface area contributed by atoms with Crippen LogP contribution in [-0.2, 0) is 12.4 Å². The molecule has 0 unspecified atom stereocenters. The summed E-state index contributed by atoms with van der Waals surface area (Å²) in [5.41, 5.74) is 1.30. The van der Waals surface area contributed by atoms with E-state index in [2.05, 4.69) is 10.1 Å². The molecule has 3 aromatic rings. The van der Waals surface area contributed by atoms with Crippen LogP contribution in [0.15, 0.2) is 30.3 Å². The number of nitrogen functional groups attached to an aromatic ring is 1. The van der Waals surface area contributed by atoms with Gasteiger partial charge >= 0.3 is 12.4 Å². The third-order valence-corrected chi connectivity index (χ3v) is 3.64. The van der Waals surface area contributed by atoms with Crippen LogP contribution in [0.5, 0.6) is 0 Å². The largest absolute Gasteiger partial charge is 0.434 e. The fraction of sp³-hybridized carbons (Fsp3) is 0.200. The highest BCUT2D eigenvalue weighted by Crippen LogP contribution is 2.38. The molecule has 2 heterocycles. The van der Waals surface area contributed by atoms with E-state index < -0.39 is 52.5 Å². The summed E-state index contributed by atoms with van der Waals surface area (Å²) in [5, 5.41) is 3.01. The maximum absolute atomic E-state index is 13.2. The van der Waals surface area contributed by atoms with Crippen LogP contribution in [-0.4, -0.2) is 14.8 Å². The van der Waals surface area contributed by atoms with E-state index in [1.165, 1.54) is 0 Å². The Morgan fingerprint density at radius 3 is 2.00 bits per heavy atom. The van der Waals surface area contributed by atoms with Crippen LogP contribution < -0.4 is 5.73 Å². The molecule has 0 saturated heterocycles. The molecule has 0 fully saturated rings. The molecule has 4 nitrogen and oxygen atoms in total. The molecular formula is C15H8F8N4. The van der Waals surface area contributed by atoms with Crippen molar-refractivity contribution in [3.05, 3.63) is 47.3 Å². The number of pyridine rings is 1. The predicted molar refractivity (Wildman–Crippen MR) is 78.2 cm³/mol. The average Bonchev–Trinajstić information content (AvgIpc) is 2.89. The van der Waals surface area contributed by atoms with Crippen molar-refractivity contribution in [1.82, 2.24) is 14.8 Å². The second-order valence-electron chi connectivity index (χ2n) is 5.43. The number of hydrogen-bond donors (Lipinski definition) is 1. The first kappa shape index (κ1) is 18.9. The van der Waals surface area contributed by atoms with Gasteiger partial charge in [-0.05, 0) is 30.3 Å². The van der Waals surface area contributed by atoms with E-state index in [1.807, 2.05) is 0 Å². The third kappa shape index (κ3) is 3.38. The molecule has 0 spiro atoms. The molecule has 12 heteroatoms. The van der Waals surface area contributed by atoms with Crippen LogP contribution in [0.3, 0.4) is 0 Å². The van der Waals surface area contributed by atoms with Gasteiger partial charge in [0.05, 0.1) is 22.2 Å². The number of halogens is 8. The Morgan fingerprint density at radius 2 is 1.52 bits per heavy atom. The van der Waals surface area contributed by atoms with Gasteiger partial charge in [0.2, 0.25) is 0 Å². The lowest BCUT2D eigenvalue weighted by molar-refractivity contribution is -0.140. The van der Waals surface area contributed by atoms with Crippen LogP contribution in [0.1, 0.15) is 23.4 Å². The van der Waals surface area contributed by atoms with Gasteiger partial charge in [-0.2, -0.15) is 31.4 Å². The first-order valence-corrected chi connectivity index (χ1v) is 7.11. The number of aromatic nitrogens is 3. The zero-order chi connectivity index (χ0) is 20.1. The van der Waals surface area contributed by atoms with E-state index >= 15 is 0 Å². The number of nitrogens with zero attached hydrogens (tertiary/aromatic N) is 3. The van der Waals surface area contributed by atoms with Crippen molar-refractivity contribution in [2.75, 3.05) is 5.73 Å². The maximum Gasteiger partial charge on any atom is 0.434 e.